The molecular weight excluding hydrogens is 262 g/mol. The average Bonchev–Trinajstić information content (AvgIpc) is 2.72. The third-order valence-corrected chi connectivity index (χ3v) is 5.26. The van der Waals surface area contributed by atoms with Gasteiger partial charge in [0, 0.05) is 31.7 Å². The maximum atomic E-state index is 10.1. The van der Waals surface area contributed by atoms with Crippen molar-refractivity contribution in [1.29, 1.82) is 0 Å². The Morgan fingerprint density at radius 3 is 2.67 bits per heavy atom. The molecule has 1 aliphatic heterocycles. The summed E-state index contributed by atoms with van der Waals surface area (Å²) < 4.78 is 0. The molecule has 5 unspecified atom stereocenters. The lowest BCUT2D eigenvalue weighted by Crippen LogP contribution is -2.48. The van der Waals surface area contributed by atoms with Crippen LogP contribution in [0.5, 0.6) is 0 Å². The molecule has 0 spiro atoms. The Morgan fingerprint density at radius 2 is 2.00 bits per heavy atom. The molecule has 2 N–H and O–H groups in total. The van der Waals surface area contributed by atoms with Crippen LogP contribution in [0.2, 0.25) is 0 Å². The number of β-amino-alcohol motifs (C(OH)–C–C–N with tert-alkyl or cyclic N) is 1. The highest BCUT2D eigenvalue weighted by atomic mass is 16.3. The molecule has 124 valence electrons. The second-order valence-electron chi connectivity index (χ2n) is 7.60. The lowest BCUT2D eigenvalue weighted by Gasteiger charge is -2.39. The molecule has 1 heterocycles. The van der Waals surface area contributed by atoms with Crippen molar-refractivity contribution in [2.24, 2.45) is 11.8 Å². The van der Waals surface area contributed by atoms with Gasteiger partial charge < -0.3 is 15.3 Å². The van der Waals surface area contributed by atoms with Crippen molar-refractivity contribution in [3.05, 3.63) is 0 Å². The summed E-state index contributed by atoms with van der Waals surface area (Å²) in [6, 6.07) is 1.19. The van der Waals surface area contributed by atoms with Gasteiger partial charge in [-0.05, 0) is 58.2 Å². The highest BCUT2D eigenvalue weighted by Crippen LogP contribution is 2.31. The standard InChI is InChI=1S/C17H35N3O/c1-5-18-17-7-6-13(2)8-14(17)10-20-12-16(21)9-15(20)11-19(3)4/h13-18,21H,5-12H2,1-4H3. The third-order valence-electron chi connectivity index (χ3n) is 5.26. The van der Waals surface area contributed by atoms with Gasteiger partial charge in [0.1, 0.15) is 0 Å². The number of hydrogen-bond donors (Lipinski definition) is 2. The van der Waals surface area contributed by atoms with Crippen LogP contribution >= 0.6 is 0 Å². The van der Waals surface area contributed by atoms with Crippen LogP contribution in [0, 0.1) is 11.8 Å². The van der Waals surface area contributed by atoms with E-state index in [4.69, 9.17) is 0 Å². The summed E-state index contributed by atoms with van der Waals surface area (Å²) in [5.74, 6) is 1.59. The Balaban J connectivity index is 1.95. The van der Waals surface area contributed by atoms with Crippen LogP contribution in [0.3, 0.4) is 0 Å². The number of likely N-dealkylation sites (tertiary alicyclic amines) is 1. The van der Waals surface area contributed by atoms with Crippen LogP contribution in [-0.4, -0.2) is 73.4 Å². The number of aliphatic hydroxyl groups excluding tert-OH is 1. The lowest BCUT2D eigenvalue weighted by molar-refractivity contribution is 0.118. The van der Waals surface area contributed by atoms with Gasteiger partial charge in [0.25, 0.3) is 0 Å². The number of hydrogen-bond acceptors (Lipinski definition) is 4. The van der Waals surface area contributed by atoms with E-state index in [1.165, 1.54) is 19.3 Å². The molecule has 0 aromatic heterocycles. The van der Waals surface area contributed by atoms with Crippen molar-refractivity contribution in [3.63, 3.8) is 0 Å². The monoisotopic (exact) mass is 297 g/mol. The van der Waals surface area contributed by atoms with E-state index >= 15 is 0 Å². The Morgan fingerprint density at radius 1 is 1.24 bits per heavy atom. The summed E-state index contributed by atoms with van der Waals surface area (Å²) in [4.78, 5) is 4.80. The largest absolute Gasteiger partial charge is 0.392 e. The van der Waals surface area contributed by atoms with Gasteiger partial charge in [0.05, 0.1) is 6.10 Å². The molecule has 0 bridgehead atoms. The SMILES string of the molecule is CCNC1CCC(C)CC1CN1CC(O)CC1CN(C)C. The predicted octanol–water partition coefficient (Wildman–Crippen LogP) is 1.40. The van der Waals surface area contributed by atoms with Crippen molar-refractivity contribution in [2.75, 3.05) is 40.3 Å². The van der Waals surface area contributed by atoms with Gasteiger partial charge in [-0.3, -0.25) is 4.90 Å². The van der Waals surface area contributed by atoms with E-state index in [0.717, 1.165) is 44.4 Å². The van der Waals surface area contributed by atoms with Crippen LogP contribution in [0.15, 0.2) is 0 Å². The number of nitrogens with zero attached hydrogens (tertiary/aromatic N) is 2. The fourth-order valence-corrected chi connectivity index (χ4v) is 4.33. The van der Waals surface area contributed by atoms with Gasteiger partial charge in [0.15, 0.2) is 0 Å². The van der Waals surface area contributed by atoms with Crippen molar-refractivity contribution >= 4 is 0 Å². The molecule has 21 heavy (non-hydrogen) atoms. The van der Waals surface area contributed by atoms with Gasteiger partial charge in [-0.15, -0.1) is 0 Å². The highest BCUT2D eigenvalue weighted by molar-refractivity contribution is 4.91. The summed E-state index contributed by atoms with van der Waals surface area (Å²) in [5.41, 5.74) is 0. The van der Waals surface area contributed by atoms with Crippen LogP contribution in [0.1, 0.15) is 39.5 Å². The average molecular weight is 297 g/mol. The van der Waals surface area contributed by atoms with Crippen molar-refractivity contribution in [3.8, 4) is 0 Å². The molecule has 2 fully saturated rings. The summed E-state index contributed by atoms with van der Waals surface area (Å²) in [5, 5.41) is 13.8. The van der Waals surface area contributed by atoms with E-state index in [9.17, 15) is 5.11 Å². The van der Waals surface area contributed by atoms with Crippen molar-refractivity contribution < 1.29 is 5.11 Å². The molecule has 4 heteroatoms. The summed E-state index contributed by atoms with van der Waals surface area (Å²) in [6.07, 6.45) is 4.81. The van der Waals surface area contributed by atoms with E-state index in [2.05, 4.69) is 43.1 Å². The zero-order valence-electron chi connectivity index (χ0n) is 14.4. The zero-order valence-corrected chi connectivity index (χ0v) is 14.4. The molecule has 2 rings (SSSR count). The van der Waals surface area contributed by atoms with Crippen LogP contribution in [-0.2, 0) is 0 Å². The molecule has 4 nitrogen and oxygen atoms in total. The second kappa shape index (κ2) is 7.91. The van der Waals surface area contributed by atoms with E-state index < -0.39 is 0 Å². The molecule has 1 saturated carbocycles. The molecule has 1 aliphatic carbocycles. The van der Waals surface area contributed by atoms with Gasteiger partial charge >= 0.3 is 0 Å². The van der Waals surface area contributed by atoms with Gasteiger partial charge in [-0.2, -0.15) is 0 Å². The Kier molecular flexibility index (Phi) is 6.48. The normalized spacial score (nSPS) is 38.3. The predicted molar refractivity (Wildman–Crippen MR) is 88.5 cm³/mol. The first-order chi connectivity index (χ1) is 9.99. The number of likely N-dealkylation sites (N-methyl/N-ethyl adjacent to an activating group) is 1. The highest BCUT2D eigenvalue weighted by Gasteiger charge is 2.36. The number of nitrogens with one attached hydrogen (secondary N) is 1. The van der Waals surface area contributed by atoms with E-state index in [1.807, 2.05) is 0 Å². The minimum Gasteiger partial charge on any atom is -0.392 e. The van der Waals surface area contributed by atoms with Gasteiger partial charge in [-0.1, -0.05) is 13.8 Å². The molecule has 5 atom stereocenters. The summed E-state index contributed by atoms with van der Waals surface area (Å²) in [7, 11) is 4.26. The van der Waals surface area contributed by atoms with Crippen molar-refractivity contribution in [2.45, 2.75) is 57.7 Å². The lowest BCUT2D eigenvalue weighted by atomic mass is 9.78. The molecule has 0 amide bonds. The first kappa shape index (κ1) is 17.2. The number of rotatable bonds is 6. The maximum absolute atomic E-state index is 10.1. The van der Waals surface area contributed by atoms with E-state index in [-0.39, 0.29) is 6.10 Å². The number of aliphatic hydroxyl groups is 1. The van der Waals surface area contributed by atoms with Crippen molar-refractivity contribution in [1.82, 2.24) is 15.1 Å². The molecule has 0 aromatic rings. The van der Waals surface area contributed by atoms with E-state index in [1.54, 1.807) is 0 Å². The fourth-order valence-electron chi connectivity index (χ4n) is 4.33. The van der Waals surface area contributed by atoms with E-state index in [0.29, 0.717) is 12.1 Å². The molecule has 0 aromatic carbocycles. The smallest absolute Gasteiger partial charge is 0.0682 e. The Labute approximate surface area is 130 Å². The molecule has 1 saturated heterocycles. The summed E-state index contributed by atoms with van der Waals surface area (Å²) >= 11 is 0. The molecular formula is C17H35N3O. The van der Waals surface area contributed by atoms with Crippen LogP contribution in [0.25, 0.3) is 0 Å². The second-order valence-corrected chi connectivity index (χ2v) is 7.60. The quantitative estimate of drug-likeness (QED) is 0.777. The topological polar surface area (TPSA) is 38.7 Å². The fraction of sp³-hybridized carbons (Fsp3) is 1.00. The van der Waals surface area contributed by atoms with Crippen LogP contribution in [0.4, 0.5) is 0 Å². The maximum Gasteiger partial charge on any atom is 0.0682 e. The molecule has 2 aliphatic rings. The minimum atomic E-state index is -0.131. The van der Waals surface area contributed by atoms with Gasteiger partial charge in [0.2, 0.25) is 0 Å². The first-order valence-corrected chi connectivity index (χ1v) is 8.79. The third kappa shape index (κ3) is 4.92. The Bertz CT molecular complexity index is 310. The minimum absolute atomic E-state index is 0.131. The Hall–Kier alpha value is -0.160. The molecule has 0 radical (unpaired) electrons. The summed E-state index contributed by atoms with van der Waals surface area (Å²) in [6.45, 7) is 8.75. The van der Waals surface area contributed by atoms with Crippen LogP contribution < -0.4 is 5.32 Å². The first-order valence-electron chi connectivity index (χ1n) is 8.79. The zero-order chi connectivity index (χ0) is 15.4. The van der Waals surface area contributed by atoms with Gasteiger partial charge in [-0.25, -0.2) is 0 Å².